The molecule has 3 nitrogen and oxygen atoms in total. The van der Waals surface area contributed by atoms with E-state index in [9.17, 15) is 9.90 Å². The van der Waals surface area contributed by atoms with Crippen molar-refractivity contribution in [2.45, 2.75) is 98.6 Å². The Morgan fingerprint density at radius 2 is 1.55 bits per heavy atom. The zero-order valence-electron chi connectivity index (χ0n) is 16.4. The van der Waals surface area contributed by atoms with Crippen LogP contribution in [0.4, 0.5) is 0 Å². The molecule has 132 valence electrons. The highest BCUT2D eigenvalue weighted by atomic mass is 28.4. The second-order valence-electron chi connectivity index (χ2n) is 9.43. The fourth-order valence-corrected chi connectivity index (χ4v) is 3.36. The molecular formula is C18H38O3Si. The first-order chi connectivity index (χ1) is 9.58. The molecule has 0 saturated carbocycles. The van der Waals surface area contributed by atoms with Gasteiger partial charge in [0.1, 0.15) is 5.78 Å². The first kappa shape index (κ1) is 21.8. The molecule has 0 aliphatic carbocycles. The highest BCUT2D eigenvalue weighted by Gasteiger charge is 2.40. The van der Waals surface area contributed by atoms with Crippen LogP contribution in [-0.2, 0) is 9.22 Å². The molecule has 0 saturated heterocycles. The summed E-state index contributed by atoms with van der Waals surface area (Å²) in [6.45, 7) is 21.1. The lowest BCUT2D eigenvalue weighted by Gasteiger charge is -2.41. The SMILES string of the molecule is CC(C)[C@@H](C[C@H](O)CC(=O)C(C)(C)C)O[Si](C)(C)C(C)(C)C. The molecular weight excluding hydrogens is 292 g/mol. The molecule has 0 unspecified atom stereocenters. The topological polar surface area (TPSA) is 46.5 Å². The van der Waals surface area contributed by atoms with E-state index in [1.807, 2.05) is 20.8 Å². The molecule has 2 atom stereocenters. The maximum absolute atomic E-state index is 12.1. The third-order valence-corrected chi connectivity index (χ3v) is 9.26. The summed E-state index contributed by atoms with van der Waals surface area (Å²) in [5, 5.41) is 10.5. The number of Topliss-reactive ketones (excluding diaryl/α,β-unsaturated/α-hetero) is 1. The van der Waals surface area contributed by atoms with Crippen LogP contribution < -0.4 is 0 Å². The van der Waals surface area contributed by atoms with Crippen molar-refractivity contribution in [2.75, 3.05) is 0 Å². The Hall–Kier alpha value is -0.193. The second-order valence-corrected chi connectivity index (χ2v) is 14.2. The van der Waals surface area contributed by atoms with E-state index in [0.717, 1.165) is 0 Å². The lowest BCUT2D eigenvalue weighted by molar-refractivity contribution is -0.128. The number of aliphatic hydroxyl groups is 1. The normalized spacial score (nSPS) is 16.7. The number of rotatable bonds is 7. The molecule has 0 aliphatic heterocycles. The Morgan fingerprint density at radius 1 is 1.09 bits per heavy atom. The molecule has 0 amide bonds. The third-order valence-electron chi connectivity index (χ3n) is 4.76. The van der Waals surface area contributed by atoms with Crippen molar-refractivity contribution >= 4 is 14.1 Å². The van der Waals surface area contributed by atoms with Gasteiger partial charge in [-0.3, -0.25) is 4.79 Å². The minimum atomic E-state index is -1.87. The lowest BCUT2D eigenvalue weighted by atomic mass is 9.86. The fourth-order valence-electron chi connectivity index (χ4n) is 1.88. The van der Waals surface area contributed by atoms with Crippen LogP contribution in [0.25, 0.3) is 0 Å². The van der Waals surface area contributed by atoms with E-state index in [1.165, 1.54) is 0 Å². The number of carbonyl (C=O) groups is 1. The van der Waals surface area contributed by atoms with Crippen LogP contribution in [0.15, 0.2) is 0 Å². The van der Waals surface area contributed by atoms with Gasteiger partial charge in [0, 0.05) is 17.9 Å². The Balaban J connectivity index is 4.84. The molecule has 0 rings (SSSR count). The van der Waals surface area contributed by atoms with Gasteiger partial charge >= 0.3 is 0 Å². The Morgan fingerprint density at radius 3 is 1.86 bits per heavy atom. The first-order valence-electron chi connectivity index (χ1n) is 8.47. The molecule has 0 aromatic carbocycles. The highest BCUT2D eigenvalue weighted by molar-refractivity contribution is 6.74. The van der Waals surface area contributed by atoms with Crippen LogP contribution in [0, 0.1) is 11.3 Å². The summed E-state index contributed by atoms with van der Waals surface area (Å²) in [7, 11) is -1.87. The van der Waals surface area contributed by atoms with Gasteiger partial charge in [0.25, 0.3) is 0 Å². The number of carbonyl (C=O) groups excluding carboxylic acids is 1. The van der Waals surface area contributed by atoms with Gasteiger partial charge in [-0.2, -0.15) is 0 Å². The van der Waals surface area contributed by atoms with Crippen molar-refractivity contribution in [2.24, 2.45) is 11.3 Å². The molecule has 0 aliphatic rings. The van der Waals surface area contributed by atoms with Gasteiger partial charge < -0.3 is 9.53 Å². The quantitative estimate of drug-likeness (QED) is 0.683. The zero-order chi connectivity index (χ0) is 17.9. The van der Waals surface area contributed by atoms with Crippen LogP contribution >= 0.6 is 0 Å². The molecule has 0 bridgehead atoms. The molecule has 0 spiro atoms. The number of hydrogen-bond donors (Lipinski definition) is 1. The predicted molar refractivity (Wildman–Crippen MR) is 96.6 cm³/mol. The molecule has 1 N–H and O–H groups in total. The molecule has 0 aromatic heterocycles. The van der Waals surface area contributed by atoms with Crippen molar-refractivity contribution in [1.82, 2.24) is 0 Å². The third kappa shape index (κ3) is 6.92. The van der Waals surface area contributed by atoms with E-state index >= 15 is 0 Å². The summed E-state index contributed by atoms with van der Waals surface area (Å²) in [6.07, 6.45) is 0.132. The van der Waals surface area contributed by atoms with E-state index in [-0.39, 0.29) is 23.3 Å². The zero-order valence-corrected chi connectivity index (χ0v) is 17.4. The Labute approximate surface area is 139 Å². The van der Waals surface area contributed by atoms with Gasteiger partial charge in [-0.05, 0) is 30.5 Å². The monoisotopic (exact) mass is 330 g/mol. The summed E-state index contributed by atoms with van der Waals surface area (Å²) in [5.74, 6) is 0.434. The smallest absolute Gasteiger partial charge is 0.192 e. The Kier molecular flexibility index (Phi) is 7.52. The van der Waals surface area contributed by atoms with E-state index in [1.54, 1.807) is 0 Å². The minimum absolute atomic E-state index is 0.00339. The summed E-state index contributed by atoms with van der Waals surface area (Å²) in [6, 6.07) is 0. The second kappa shape index (κ2) is 7.58. The molecule has 4 heteroatoms. The van der Waals surface area contributed by atoms with E-state index in [0.29, 0.717) is 12.3 Å². The van der Waals surface area contributed by atoms with Crippen LogP contribution in [0.2, 0.25) is 18.1 Å². The number of ketones is 1. The fraction of sp³-hybridized carbons (Fsp3) is 0.944. The standard InChI is InChI=1S/C18H38O3Si/c1-13(2)15(21-22(9,10)18(6,7)8)11-14(19)12-16(20)17(3,4)5/h13-15,19H,11-12H2,1-10H3/t14-,15+/m0/s1. The van der Waals surface area contributed by atoms with Crippen molar-refractivity contribution in [3.8, 4) is 0 Å². The van der Waals surface area contributed by atoms with Crippen LogP contribution in [0.1, 0.15) is 68.2 Å². The maximum Gasteiger partial charge on any atom is 0.192 e. The van der Waals surface area contributed by atoms with Gasteiger partial charge in [-0.15, -0.1) is 0 Å². The van der Waals surface area contributed by atoms with Crippen LogP contribution in [0.3, 0.4) is 0 Å². The van der Waals surface area contributed by atoms with Crippen molar-refractivity contribution in [3.05, 3.63) is 0 Å². The van der Waals surface area contributed by atoms with Gasteiger partial charge in [-0.25, -0.2) is 0 Å². The minimum Gasteiger partial charge on any atom is -0.414 e. The molecule has 0 fully saturated rings. The van der Waals surface area contributed by atoms with Gasteiger partial charge in [0.05, 0.1) is 6.10 Å². The molecule has 22 heavy (non-hydrogen) atoms. The predicted octanol–water partition coefficient (Wildman–Crippen LogP) is 4.79. The lowest BCUT2D eigenvalue weighted by Crippen LogP contribution is -2.46. The number of aliphatic hydroxyl groups excluding tert-OH is 1. The molecule has 0 radical (unpaired) electrons. The summed E-state index contributed by atoms with van der Waals surface area (Å²) >= 11 is 0. The Bertz CT molecular complexity index is 362. The van der Waals surface area contributed by atoms with E-state index in [2.05, 4.69) is 47.7 Å². The largest absolute Gasteiger partial charge is 0.414 e. The summed E-state index contributed by atoms with van der Waals surface area (Å²) in [5.41, 5.74) is -0.394. The maximum atomic E-state index is 12.1. The number of hydrogen-bond acceptors (Lipinski definition) is 3. The van der Waals surface area contributed by atoms with E-state index < -0.39 is 19.8 Å². The summed E-state index contributed by atoms with van der Waals surface area (Å²) in [4.78, 5) is 12.1. The van der Waals surface area contributed by atoms with Crippen LogP contribution in [0.5, 0.6) is 0 Å². The van der Waals surface area contributed by atoms with Crippen molar-refractivity contribution < 1.29 is 14.3 Å². The van der Waals surface area contributed by atoms with Crippen LogP contribution in [-0.4, -0.2) is 31.4 Å². The highest BCUT2D eigenvalue weighted by Crippen LogP contribution is 2.38. The van der Waals surface area contributed by atoms with E-state index in [4.69, 9.17) is 4.43 Å². The average Bonchev–Trinajstić information content (AvgIpc) is 2.24. The van der Waals surface area contributed by atoms with Gasteiger partial charge in [0.2, 0.25) is 0 Å². The van der Waals surface area contributed by atoms with Crippen molar-refractivity contribution in [1.29, 1.82) is 0 Å². The molecule has 0 heterocycles. The molecule has 0 aromatic rings. The average molecular weight is 331 g/mol. The van der Waals surface area contributed by atoms with Gasteiger partial charge in [0.15, 0.2) is 8.32 Å². The first-order valence-corrected chi connectivity index (χ1v) is 11.4. The summed E-state index contributed by atoms with van der Waals surface area (Å²) < 4.78 is 6.47. The van der Waals surface area contributed by atoms with Crippen molar-refractivity contribution in [3.63, 3.8) is 0 Å². The van der Waals surface area contributed by atoms with Gasteiger partial charge in [-0.1, -0.05) is 55.4 Å².